The number of alkyl halides is 18. The van der Waals surface area contributed by atoms with E-state index in [0.29, 0.717) is 0 Å². The number of rotatable bonds is 3. The summed E-state index contributed by atoms with van der Waals surface area (Å²) in [5, 5.41) is 29.5. The summed E-state index contributed by atoms with van der Waals surface area (Å²) in [5.41, 5.74) is 0. The van der Waals surface area contributed by atoms with Gasteiger partial charge in [0.25, 0.3) is 17.3 Å². The van der Waals surface area contributed by atoms with E-state index in [4.69, 9.17) is 0 Å². The van der Waals surface area contributed by atoms with Gasteiger partial charge in [-0.05, 0) is 35.5 Å². The van der Waals surface area contributed by atoms with Crippen molar-refractivity contribution in [2.24, 2.45) is 0 Å². The van der Waals surface area contributed by atoms with Crippen LogP contribution >= 0.6 is 0 Å². The third kappa shape index (κ3) is 20.0. The summed E-state index contributed by atoms with van der Waals surface area (Å²) in [7, 11) is 0. The molecule has 1 radical (unpaired) electrons. The fourth-order valence-corrected chi connectivity index (χ4v) is 0.848. The second-order valence-electron chi connectivity index (χ2n) is 5.61. The standard InChI is InChI=1S/3C5H2F6O2.Ru/c3*6-4(7,8)2(12)1-3(13)5(9,10)11;/h3*1,12H;/q;;;+3/p-3/b2*2-1-;;. The molecule has 25 heteroatoms. The van der Waals surface area contributed by atoms with Gasteiger partial charge < -0.3 is 15.3 Å². The first kappa shape index (κ1) is 44.0. The Labute approximate surface area is 219 Å². The minimum Gasteiger partial charge on any atom is -0.869 e. The molecule has 0 atom stereocenters. The number of hydrogen-bond donors (Lipinski definition) is 0. The summed E-state index contributed by atoms with van der Waals surface area (Å²) in [6.45, 7) is 0. The molecule has 0 bridgehead atoms. The van der Waals surface area contributed by atoms with Crippen molar-refractivity contribution in [3.63, 3.8) is 0 Å². The van der Waals surface area contributed by atoms with Gasteiger partial charge in [0.1, 0.15) is 0 Å². The number of hydrogen-bond acceptors (Lipinski definition) is 6. The maximum absolute atomic E-state index is 11.3. The van der Waals surface area contributed by atoms with Gasteiger partial charge in [0.15, 0.2) is 0 Å². The van der Waals surface area contributed by atoms with Crippen molar-refractivity contribution < 1.29 is 128 Å². The molecule has 233 valence electrons. The number of ketones is 3. The van der Waals surface area contributed by atoms with E-state index in [1.807, 2.05) is 0 Å². The van der Waals surface area contributed by atoms with E-state index < -0.39 is 89.9 Å². The number of allylic oxidation sites excluding steroid dienone is 6. The second kappa shape index (κ2) is 15.1. The van der Waals surface area contributed by atoms with E-state index in [1.165, 1.54) is 0 Å². The smallest absolute Gasteiger partial charge is 0.869 e. The molecule has 0 aliphatic carbocycles. The molecule has 0 fully saturated rings. The van der Waals surface area contributed by atoms with E-state index in [9.17, 15) is 109 Å². The largest absolute Gasteiger partial charge is 3.00 e. The van der Waals surface area contributed by atoms with Gasteiger partial charge in [-0.25, -0.2) is 0 Å². The maximum atomic E-state index is 11.3. The zero-order valence-corrected chi connectivity index (χ0v) is 19.1. The Morgan fingerprint density at radius 2 is 0.475 bits per heavy atom. The van der Waals surface area contributed by atoms with Gasteiger partial charge in [0.2, 0.25) is 0 Å². The summed E-state index contributed by atoms with van der Waals surface area (Å²) >= 11 is 0. The molecule has 0 unspecified atom stereocenters. The molecule has 0 amide bonds. The van der Waals surface area contributed by atoms with E-state index in [-0.39, 0.29) is 19.5 Å². The molecule has 0 aromatic heterocycles. The Hall–Kier alpha value is -3.01. The Bertz CT molecular complexity index is 834. The molecular weight excluding hydrogens is 719 g/mol. The van der Waals surface area contributed by atoms with Gasteiger partial charge in [0.05, 0.1) is 0 Å². The van der Waals surface area contributed by atoms with E-state index in [1.54, 1.807) is 0 Å². The first-order valence-electron chi connectivity index (χ1n) is 7.86. The normalized spacial score (nSPS) is 14.1. The summed E-state index contributed by atoms with van der Waals surface area (Å²) in [6.07, 6.45) is -35.8. The molecule has 0 N–H and O–H groups in total. The Morgan fingerprint density at radius 1 is 0.350 bits per heavy atom. The van der Waals surface area contributed by atoms with Gasteiger partial charge in [0, 0.05) is 0 Å². The van der Waals surface area contributed by atoms with Gasteiger partial charge in [-0.3, -0.25) is 14.4 Å². The summed E-state index contributed by atoms with van der Waals surface area (Å²) in [6, 6.07) is 0. The van der Waals surface area contributed by atoms with Crippen LogP contribution in [0.3, 0.4) is 0 Å². The first-order chi connectivity index (χ1) is 16.6. The maximum Gasteiger partial charge on any atom is 3.00 e. The Kier molecular flexibility index (Phi) is 16.6. The molecule has 40 heavy (non-hydrogen) atoms. The van der Waals surface area contributed by atoms with Crippen LogP contribution in [0.15, 0.2) is 35.5 Å². The molecule has 0 aromatic carbocycles. The molecule has 0 saturated heterocycles. The van der Waals surface area contributed by atoms with Crippen LogP contribution in [-0.4, -0.2) is 54.4 Å². The first-order valence-corrected chi connectivity index (χ1v) is 7.86. The molecule has 0 aromatic rings. The summed E-state index contributed by atoms with van der Waals surface area (Å²) in [4.78, 5) is 29.5. The quantitative estimate of drug-likeness (QED) is 0.192. The molecule has 0 aliphatic rings. The SMILES string of the molecule is O=C(/C=C(\[O-])C(F)(F)F)C(F)(F)F.O=C(/C=C(\[O-])C(F)(F)F)C(F)(F)F.O=C(C=C([O-])C(F)(F)F)C(F)(F)F.[Ru+3]. The van der Waals surface area contributed by atoms with Crippen molar-refractivity contribution in [3.8, 4) is 0 Å². The minimum atomic E-state index is -5.46. The molecule has 0 spiro atoms. The van der Waals surface area contributed by atoms with Gasteiger partial charge in [-0.1, -0.05) is 0 Å². The second-order valence-corrected chi connectivity index (χ2v) is 5.61. The Morgan fingerprint density at radius 3 is 0.550 bits per heavy atom. The molecular formula is C15H3F18O6Ru. The molecule has 0 rings (SSSR count). The van der Waals surface area contributed by atoms with Crippen LogP contribution in [0.4, 0.5) is 79.0 Å². The van der Waals surface area contributed by atoms with Crippen molar-refractivity contribution >= 4 is 17.3 Å². The van der Waals surface area contributed by atoms with Crippen molar-refractivity contribution in [1.82, 2.24) is 0 Å². The monoisotopic (exact) mass is 723 g/mol. The van der Waals surface area contributed by atoms with Crippen LogP contribution in [0.1, 0.15) is 0 Å². The van der Waals surface area contributed by atoms with E-state index in [0.717, 1.165) is 0 Å². The van der Waals surface area contributed by atoms with E-state index >= 15 is 0 Å². The Balaban J connectivity index is -0.000000240. The van der Waals surface area contributed by atoms with Crippen LogP contribution in [0, 0.1) is 0 Å². The number of carbonyl (C=O) groups excluding carboxylic acids is 3. The minimum absolute atomic E-state index is 0. The van der Waals surface area contributed by atoms with Crippen LogP contribution in [0.2, 0.25) is 0 Å². The third-order valence-electron chi connectivity index (χ3n) is 2.46. The summed E-state index contributed by atoms with van der Waals surface area (Å²) < 4.78 is 203. The fraction of sp³-hybridized carbons (Fsp3) is 0.400. The third-order valence-corrected chi connectivity index (χ3v) is 2.46. The van der Waals surface area contributed by atoms with Crippen LogP contribution in [0.25, 0.3) is 0 Å². The molecule has 6 nitrogen and oxygen atoms in total. The van der Waals surface area contributed by atoms with Gasteiger partial charge >= 0.3 is 56.5 Å². The molecule has 0 aliphatic heterocycles. The van der Waals surface area contributed by atoms with E-state index in [2.05, 4.69) is 0 Å². The zero-order chi connectivity index (χ0) is 32.6. The number of carbonyl (C=O) groups is 3. The molecule has 0 saturated carbocycles. The van der Waals surface area contributed by atoms with Crippen LogP contribution in [-0.2, 0) is 33.9 Å². The predicted molar refractivity (Wildman–Crippen MR) is 75.6 cm³/mol. The fourth-order valence-electron chi connectivity index (χ4n) is 0.848. The zero-order valence-electron chi connectivity index (χ0n) is 17.3. The van der Waals surface area contributed by atoms with Crippen LogP contribution in [0.5, 0.6) is 0 Å². The van der Waals surface area contributed by atoms with Gasteiger partial charge in [-0.15, -0.1) is 0 Å². The van der Waals surface area contributed by atoms with Gasteiger partial charge in [-0.2, -0.15) is 79.0 Å². The van der Waals surface area contributed by atoms with Crippen molar-refractivity contribution in [2.75, 3.05) is 0 Å². The van der Waals surface area contributed by atoms with Crippen molar-refractivity contribution in [3.05, 3.63) is 35.5 Å². The topological polar surface area (TPSA) is 120 Å². The van der Waals surface area contributed by atoms with Crippen LogP contribution < -0.4 is 15.3 Å². The number of halogens is 18. The average molecular weight is 722 g/mol. The van der Waals surface area contributed by atoms with Crippen molar-refractivity contribution in [2.45, 2.75) is 37.1 Å². The summed E-state index contributed by atoms with van der Waals surface area (Å²) in [5.74, 6) is -16.9. The van der Waals surface area contributed by atoms with Crippen molar-refractivity contribution in [1.29, 1.82) is 0 Å². The average Bonchev–Trinajstić information content (AvgIpc) is 2.64. The molecule has 0 heterocycles. The predicted octanol–water partition coefficient (Wildman–Crippen LogP) is 2.77.